The Kier molecular flexibility index (Phi) is 8.03. The summed E-state index contributed by atoms with van der Waals surface area (Å²) in [6.45, 7) is 0. The predicted octanol–water partition coefficient (Wildman–Crippen LogP) is 1.05. The van der Waals surface area contributed by atoms with Gasteiger partial charge in [-0.05, 0) is 0 Å². The van der Waals surface area contributed by atoms with Gasteiger partial charge >= 0.3 is 66.9 Å². The Morgan fingerprint density at radius 2 is 2.50 bits per heavy atom. The van der Waals surface area contributed by atoms with Gasteiger partial charge in [0.15, 0.2) is 0 Å². The molecule has 0 bridgehead atoms. The standard InChI is InChI=1S/C2H4B2I2/c5-3-1-2-4-6/h1,4H,2H2. The van der Waals surface area contributed by atoms with Crippen LogP contribution in [0.25, 0.3) is 0 Å². The van der Waals surface area contributed by atoms with Crippen LogP contribution in [0.3, 0.4) is 0 Å². The number of rotatable bonds is 2. The molecule has 0 aliphatic carbocycles. The van der Waals surface area contributed by atoms with E-state index in [0.29, 0.717) is 0 Å². The molecule has 0 spiro atoms. The molecule has 0 N–H and O–H groups in total. The molecule has 0 radical (unpaired) electrons. The van der Waals surface area contributed by atoms with Crippen LogP contribution in [-0.2, 0) is 0 Å². The molecular weight excluding hydrogens is 299 g/mol. The van der Waals surface area contributed by atoms with E-state index in [1.807, 2.05) is 0 Å². The van der Waals surface area contributed by atoms with Crippen LogP contribution in [0.5, 0.6) is 0 Å². The average molecular weight is 303 g/mol. The number of hydrogen-bond donors (Lipinski definition) is 0. The van der Waals surface area contributed by atoms with E-state index in [4.69, 9.17) is 0 Å². The normalized spacial score (nSPS) is 8.33. The molecule has 0 rings (SSSR count). The summed E-state index contributed by atoms with van der Waals surface area (Å²) in [4.78, 5) is 0. The van der Waals surface area contributed by atoms with Crippen molar-refractivity contribution in [2.45, 2.75) is 6.32 Å². The molecule has 6 heavy (non-hydrogen) atoms. The molecule has 0 unspecified atom stereocenters. The molecule has 0 saturated heterocycles. The zero-order valence-corrected chi connectivity index (χ0v) is 7.64. The summed E-state index contributed by atoms with van der Waals surface area (Å²) < 4.78 is 2.05. The second-order valence-electron chi connectivity index (χ2n) is 0.839. The topological polar surface area (TPSA) is 0 Å². The van der Waals surface area contributed by atoms with Crippen molar-refractivity contribution in [3.05, 3.63) is 0 Å². The van der Waals surface area contributed by atoms with Crippen molar-refractivity contribution < 1.29 is 0 Å². The zero-order chi connectivity index (χ0) is 4.83. The molecule has 0 nitrogen and oxygen atoms in total. The Labute approximate surface area is 66.4 Å². The van der Waals surface area contributed by atoms with Crippen molar-refractivity contribution in [1.82, 2.24) is 0 Å². The molecule has 0 saturated carbocycles. The second kappa shape index (κ2) is 6.46. The van der Waals surface area contributed by atoms with Crippen LogP contribution in [-0.4, -0.2) is 15.9 Å². The molecule has 32 valence electrons. The van der Waals surface area contributed by atoms with Crippen molar-refractivity contribution in [2.24, 2.45) is 0 Å². The first-order valence-corrected chi connectivity index (χ1v) is 4.50. The van der Waals surface area contributed by atoms with Gasteiger partial charge in [0.1, 0.15) is 0 Å². The molecule has 0 heterocycles. The van der Waals surface area contributed by atoms with Crippen LogP contribution in [0.2, 0.25) is 6.32 Å². The fourth-order valence-electron chi connectivity index (χ4n) is 0.126. The van der Waals surface area contributed by atoms with Crippen LogP contribution in [0, 0.1) is 0 Å². The van der Waals surface area contributed by atoms with Gasteiger partial charge in [0, 0.05) is 0 Å². The van der Waals surface area contributed by atoms with E-state index in [0.717, 1.165) is 0 Å². The van der Waals surface area contributed by atoms with Gasteiger partial charge in [-0.2, -0.15) is 0 Å². The SMILES string of the molecule is IB=CCBI. The van der Waals surface area contributed by atoms with Crippen molar-refractivity contribution in [1.29, 1.82) is 0 Å². The third-order valence-corrected chi connectivity index (χ3v) is 1.50. The van der Waals surface area contributed by atoms with Gasteiger partial charge in [-0.1, -0.05) is 0 Å². The van der Waals surface area contributed by atoms with E-state index in [9.17, 15) is 0 Å². The summed E-state index contributed by atoms with van der Waals surface area (Å²) >= 11 is 4.58. The van der Waals surface area contributed by atoms with E-state index < -0.39 is 0 Å². The molecule has 0 aliphatic heterocycles. The van der Waals surface area contributed by atoms with Crippen molar-refractivity contribution in [3.8, 4) is 0 Å². The average Bonchev–Trinajstić information content (AvgIpc) is 1.61. The monoisotopic (exact) mass is 304 g/mol. The van der Waals surface area contributed by atoms with Gasteiger partial charge in [-0.15, -0.1) is 0 Å². The maximum atomic E-state index is 2.36. The fourth-order valence-corrected chi connectivity index (χ4v) is 0.845. The van der Waals surface area contributed by atoms with E-state index >= 15 is 0 Å². The summed E-state index contributed by atoms with van der Waals surface area (Å²) in [5, 5.41) is 1.23. The quantitative estimate of drug-likeness (QED) is 0.528. The predicted molar refractivity (Wildman–Crippen MR) is 51.8 cm³/mol. The third kappa shape index (κ3) is 5.46. The van der Waals surface area contributed by atoms with Crippen LogP contribution >= 0.6 is 44.7 Å². The third-order valence-electron chi connectivity index (χ3n) is 0.365. The van der Waals surface area contributed by atoms with Gasteiger partial charge in [0.2, 0.25) is 0 Å². The zero-order valence-electron chi connectivity index (χ0n) is 3.32. The maximum absolute atomic E-state index is 2.36. The molecule has 4 heteroatoms. The van der Waals surface area contributed by atoms with E-state index in [1.165, 1.54) is 11.5 Å². The summed E-state index contributed by atoms with van der Waals surface area (Å²) in [6, 6.07) is 0. The number of halogens is 2. The molecular formula is C2H4B2I2. The Balaban J connectivity index is 2.66. The Hall–Kier alpha value is 1.46. The molecule has 0 aliphatic rings. The summed E-state index contributed by atoms with van der Waals surface area (Å²) in [5.41, 5.74) is 0. The van der Waals surface area contributed by atoms with Crippen LogP contribution in [0.15, 0.2) is 0 Å². The summed E-state index contributed by atoms with van der Waals surface area (Å²) in [6.07, 6.45) is 1.21. The Morgan fingerprint density at radius 3 is 2.67 bits per heavy atom. The van der Waals surface area contributed by atoms with Crippen molar-refractivity contribution in [3.63, 3.8) is 0 Å². The molecule has 0 aromatic carbocycles. The summed E-state index contributed by atoms with van der Waals surface area (Å²) in [5.74, 6) is 2.16. The van der Waals surface area contributed by atoms with E-state index in [-0.39, 0.29) is 0 Å². The molecule has 0 aromatic rings. The first-order chi connectivity index (χ1) is 2.91. The molecule has 0 amide bonds. The Morgan fingerprint density at radius 1 is 1.83 bits per heavy atom. The second-order valence-corrected chi connectivity index (χ2v) is 2.64. The van der Waals surface area contributed by atoms with Crippen LogP contribution < -0.4 is 0 Å². The van der Waals surface area contributed by atoms with E-state index in [1.54, 1.807) is 0 Å². The van der Waals surface area contributed by atoms with E-state index in [2.05, 4.69) is 55.5 Å². The van der Waals surface area contributed by atoms with Crippen LogP contribution in [0.1, 0.15) is 0 Å². The van der Waals surface area contributed by atoms with Gasteiger partial charge in [-0.25, -0.2) is 0 Å². The first kappa shape index (κ1) is 7.46. The van der Waals surface area contributed by atoms with Gasteiger partial charge in [0.05, 0.1) is 0 Å². The fraction of sp³-hybridized carbons (Fsp3) is 0.500. The number of hydrogen-bond acceptors (Lipinski definition) is 0. The minimum atomic E-state index is 1.21. The molecule has 0 atom stereocenters. The van der Waals surface area contributed by atoms with Crippen LogP contribution in [0.4, 0.5) is 0 Å². The molecule has 0 fully saturated rings. The minimum absolute atomic E-state index is 1.21. The Bertz CT molecular complexity index is 44.8. The first-order valence-electron chi connectivity index (χ1n) is 1.73. The van der Waals surface area contributed by atoms with Crippen molar-refractivity contribution in [2.75, 3.05) is 0 Å². The van der Waals surface area contributed by atoms with Gasteiger partial charge in [0.25, 0.3) is 0 Å². The molecule has 0 aromatic heterocycles. The summed E-state index contributed by atoms with van der Waals surface area (Å²) in [7, 11) is 0. The van der Waals surface area contributed by atoms with Gasteiger partial charge < -0.3 is 0 Å². The van der Waals surface area contributed by atoms with Gasteiger partial charge in [-0.3, -0.25) is 0 Å². The van der Waals surface area contributed by atoms with Crippen molar-refractivity contribution >= 4 is 60.6 Å².